The van der Waals surface area contributed by atoms with Crippen LogP contribution in [0.5, 0.6) is 28.7 Å². The summed E-state index contributed by atoms with van der Waals surface area (Å²) in [6.07, 6.45) is -26.1. The lowest BCUT2D eigenvalue weighted by atomic mass is 9.95. The number of fused-ring (bicyclic) bond motifs is 1. The van der Waals surface area contributed by atoms with Crippen molar-refractivity contribution in [1.29, 1.82) is 0 Å². The number of hydrogen-bond donors (Lipinski definition) is 11. The molecule has 0 aliphatic carbocycles. The van der Waals surface area contributed by atoms with Crippen LogP contribution in [0, 0.1) is 0 Å². The number of phenols is 2. The lowest BCUT2D eigenvalue weighted by molar-refractivity contribution is -0.359. The van der Waals surface area contributed by atoms with Gasteiger partial charge in [0.1, 0.15) is 96.1 Å². The standard InChI is InChI=1S/C34H44O20/c1-11-23(39)25(41)28(44)32(49-11)48-10-21-31(54-34-29(45)26(42)24(40)20(9-35)52-34)27(43)30(46)33(53-21)50-13-6-15(37)22-16(38)8-18(51-19(22)7-13)12-3-4-17(47-2)14(36)5-12/h3-7,11,18,20-21,23-37,39-46H,8-10H2,1-2H3/t11?,18?,20?,21?,23-,24+,25-,26+,27-,28?,29?,30?,31+,32+,33+,34-/m0/s1. The number of phenolic OH excluding ortho intramolecular Hbond substituents is 2. The van der Waals surface area contributed by atoms with E-state index >= 15 is 0 Å². The van der Waals surface area contributed by atoms with Crippen LogP contribution in [0.15, 0.2) is 30.3 Å². The van der Waals surface area contributed by atoms with Gasteiger partial charge in [0.15, 0.2) is 29.9 Å². The van der Waals surface area contributed by atoms with E-state index in [4.69, 9.17) is 37.9 Å². The van der Waals surface area contributed by atoms with Gasteiger partial charge in [-0.15, -0.1) is 0 Å². The molecule has 0 bridgehead atoms. The van der Waals surface area contributed by atoms with Gasteiger partial charge in [-0.1, -0.05) is 6.07 Å². The Labute approximate surface area is 306 Å². The van der Waals surface area contributed by atoms with Crippen LogP contribution in [0.25, 0.3) is 0 Å². The molecule has 4 aliphatic rings. The first-order valence-corrected chi connectivity index (χ1v) is 17.0. The molecule has 300 valence electrons. The maximum absolute atomic E-state index is 13.1. The van der Waals surface area contributed by atoms with Gasteiger partial charge in [-0.3, -0.25) is 4.79 Å². The van der Waals surface area contributed by atoms with E-state index in [-0.39, 0.29) is 35.0 Å². The molecule has 54 heavy (non-hydrogen) atoms. The van der Waals surface area contributed by atoms with Crippen molar-refractivity contribution in [1.82, 2.24) is 0 Å². The molecule has 0 aromatic heterocycles. The van der Waals surface area contributed by atoms with E-state index in [9.17, 15) is 61.0 Å². The second kappa shape index (κ2) is 16.3. The molecule has 0 amide bonds. The van der Waals surface area contributed by atoms with E-state index in [1.54, 1.807) is 6.07 Å². The molecule has 4 aliphatic heterocycles. The van der Waals surface area contributed by atoms with Gasteiger partial charge >= 0.3 is 0 Å². The van der Waals surface area contributed by atoms with Gasteiger partial charge in [0, 0.05) is 12.1 Å². The zero-order valence-corrected chi connectivity index (χ0v) is 28.8. The monoisotopic (exact) mass is 772 g/mol. The molecule has 0 spiro atoms. The third kappa shape index (κ3) is 7.81. The predicted octanol–water partition coefficient (Wildman–Crippen LogP) is -3.33. The van der Waals surface area contributed by atoms with Crippen LogP contribution >= 0.6 is 0 Å². The van der Waals surface area contributed by atoms with Crippen molar-refractivity contribution in [2.45, 2.75) is 112 Å². The molecule has 0 radical (unpaired) electrons. The average Bonchev–Trinajstić information content (AvgIpc) is 3.14. The molecule has 4 heterocycles. The van der Waals surface area contributed by atoms with Crippen molar-refractivity contribution < 1.29 is 98.9 Å². The zero-order valence-electron chi connectivity index (χ0n) is 28.8. The average molecular weight is 773 g/mol. The third-order valence-corrected chi connectivity index (χ3v) is 9.81. The van der Waals surface area contributed by atoms with Crippen LogP contribution < -0.4 is 14.2 Å². The third-order valence-electron chi connectivity index (χ3n) is 9.81. The summed E-state index contributed by atoms with van der Waals surface area (Å²) in [6, 6.07) is 6.71. The topological polar surface area (TPSA) is 313 Å². The number of carbonyl (C=O) groups excluding carboxylic acids is 1. The minimum Gasteiger partial charge on any atom is -0.507 e. The largest absolute Gasteiger partial charge is 0.507 e. The van der Waals surface area contributed by atoms with E-state index < -0.39 is 123 Å². The molecule has 7 unspecified atom stereocenters. The summed E-state index contributed by atoms with van der Waals surface area (Å²) in [5, 5.41) is 115. The highest BCUT2D eigenvalue weighted by atomic mass is 16.8. The number of ether oxygens (including phenoxy) is 8. The fourth-order valence-corrected chi connectivity index (χ4v) is 6.69. The molecule has 6 rings (SSSR count). The molecule has 20 nitrogen and oxygen atoms in total. The molecule has 2 aromatic rings. The van der Waals surface area contributed by atoms with Crippen molar-refractivity contribution in [3.8, 4) is 28.7 Å². The van der Waals surface area contributed by atoms with E-state index in [0.29, 0.717) is 5.56 Å². The highest BCUT2D eigenvalue weighted by Crippen LogP contribution is 2.44. The minimum absolute atomic E-state index is 0.116. The Morgan fingerprint density at radius 3 is 2.09 bits per heavy atom. The van der Waals surface area contributed by atoms with E-state index in [0.717, 1.165) is 6.07 Å². The fraction of sp³-hybridized carbons (Fsp3) is 0.618. The van der Waals surface area contributed by atoms with Crippen molar-refractivity contribution in [3.63, 3.8) is 0 Å². The number of rotatable bonds is 10. The van der Waals surface area contributed by atoms with Gasteiger partial charge in [0.05, 0.1) is 32.8 Å². The maximum atomic E-state index is 13.1. The van der Waals surface area contributed by atoms with Crippen molar-refractivity contribution in [3.05, 3.63) is 41.5 Å². The molecule has 20 heteroatoms. The Balaban J connectivity index is 1.24. The Morgan fingerprint density at radius 1 is 0.741 bits per heavy atom. The van der Waals surface area contributed by atoms with Gasteiger partial charge in [0.25, 0.3) is 0 Å². The van der Waals surface area contributed by atoms with Gasteiger partial charge in [-0.25, -0.2) is 0 Å². The highest BCUT2D eigenvalue weighted by Gasteiger charge is 2.52. The second-order valence-corrected chi connectivity index (χ2v) is 13.4. The summed E-state index contributed by atoms with van der Waals surface area (Å²) < 4.78 is 45.1. The number of benzene rings is 2. The van der Waals surface area contributed by atoms with Crippen molar-refractivity contribution in [2.24, 2.45) is 0 Å². The summed E-state index contributed by atoms with van der Waals surface area (Å²) in [4.78, 5) is 13.1. The Morgan fingerprint density at radius 2 is 1.41 bits per heavy atom. The second-order valence-electron chi connectivity index (χ2n) is 13.4. The number of aliphatic hydroxyl groups is 9. The fourth-order valence-electron chi connectivity index (χ4n) is 6.69. The Bertz CT molecular complexity index is 1620. The molecular weight excluding hydrogens is 728 g/mol. The summed E-state index contributed by atoms with van der Waals surface area (Å²) in [7, 11) is 1.37. The normalized spacial score (nSPS) is 39.7. The first-order valence-electron chi connectivity index (χ1n) is 17.0. The quantitative estimate of drug-likeness (QED) is 0.112. The van der Waals surface area contributed by atoms with E-state index in [1.807, 2.05) is 0 Å². The van der Waals surface area contributed by atoms with Gasteiger partial charge < -0.3 is 94.1 Å². The number of ketones is 1. The maximum Gasteiger partial charge on any atom is 0.229 e. The minimum atomic E-state index is -1.96. The first-order chi connectivity index (χ1) is 25.6. The van der Waals surface area contributed by atoms with Crippen molar-refractivity contribution in [2.75, 3.05) is 20.3 Å². The molecule has 3 fully saturated rings. The van der Waals surface area contributed by atoms with Crippen LogP contribution in [0.1, 0.15) is 35.4 Å². The van der Waals surface area contributed by atoms with Gasteiger partial charge in [0.2, 0.25) is 6.29 Å². The number of aromatic hydroxyl groups is 2. The van der Waals surface area contributed by atoms with Crippen LogP contribution in [-0.2, 0) is 23.7 Å². The van der Waals surface area contributed by atoms with Gasteiger partial charge in [-0.05, 0) is 24.6 Å². The Hall–Kier alpha value is -3.45. The van der Waals surface area contributed by atoms with Gasteiger partial charge in [-0.2, -0.15) is 0 Å². The van der Waals surface area contributed by atoms with Crippen LogP contribution in [0.2, 0.25) is 0 Å². The highest BCUT2D eigenvalue weighted by molar-refractivity contribution is 6.02. The van der Waals surface area contributed by atoms with Crippen molar-refractivity contribution >= 4 is 5.78 Å². The first kappa shape index (κ1) is 40.2. The molecule has 3 saturated heterocycles. The number of methoxy groups -OCH3 is 1. The number of hydrogen-bond acceptors (Lipinski definition) is 20. The summed E-state index contributed by atoms with van der Waals surface area (Å²) in [6.45, 7) is -0.0296. The Kier molecular flexibility index (Phi) is 12.2. The SMILES string of the molecule is COc1ccc(C2CC(=O)c3c(O)cc(O[C@@H]4OC(CO[C@@H]5OC(C)[C@H](O)[C@H](O)C5O)[C@@H](O[C@@H]5OC(CO)[C@@H](O)[C@@H](O)C5O)[C@@H](O)C4O)cc3O2)cc1O. The smallest absolute Gasteiger partial charge is 0.229 e. The predicted molar refractivity (Wildman–Crippen MR) is 173 cm³/mol. The van der Waals surface area contributed by atoms with E-state index in [2.05, 4.69) is 0 Å². The molecule has 11 N–H and O–H groups in total. The summed E-state index contributed by atoms with van der Waals surface area (Å²) in [5.41, 5.74) is 0.261. The zero-order chi connectivity index (χ0) is 39.2. The van der Waals surface area contributed by atoms with Crippen LogP contribution in [-0.4, -0.2) is 174 Å². The molecule has 2 aromatic carbocycles. The molecular formula is C34H44O20. The van der Waals surface area contributed by atoms with Crippen LogP contribution in [0.3, 0.4) is 0 Å². The lowest BCUT2D eigenvalue weighted by Crippen LogP contribution is -2.65. The number of aliphatic hydroxyl groups excluding tert-OH is 9. The molecule has 16 atom stereocenters. The molecule has 0 saturated carbocycles. The summed E-state index contributed by atoms with van der Waals surface area (Å²) in [5.74, 6) is -1.36. The van der Waals surface area contributed by atoms with E-state index in [1.165, 1.54) is 32.2 Å². The number of carbonyl (C=O) groups is 1. The van der Waals surface area contributed by atoms with Crippen LogP contribution in [0.4, 0.5) is 0 Å². The lowest BCUT2D eigenvalue weighted by Gasteiger charge is -2.46. The number of Topliss-reactive ketones (excluding diaryl/α,β-unsaturated/α-hetero) is 1. The summed E-state index contributed by atoms with van der Waals surface area (Å²) >= 11 is 0.